The van der Waals surface area contributed by atoms with Crippen molar-refractivity contribution in [3.63, 3.8) is 0 Å². The van der Waals surface area contributed by atoms with Crippen LogP contribution in [0.4, 0.5) is 5.82 Å². The number of hydrogen-bond acceptors (Lipinski definition) is 7. The van der Waals surface area contributed by atoms with Gasteiger partial charge in [-0.15, -0.1) is 0 Å². The van der Waals surface area contributed by atoms with Gasteiger partial charge in [0.1, 0.15) is 23.0 Å². The minimum absolute atomic E-state index is 0.183. The molecule has 1 aromatic carbocycles. The summed E-state index contributed by atoms with van der Waals surface area (Å²) in [5.74, 6) is 1.50. The summed E-state index contributed by atoms with van der Waals surface area (Å²) in [6.07, 6.45) is 2.99. The van der Waals surface area contributed by atoms with E-state index < -0.39 is 5.91 Å². The first kappa shape index (κ1) is 21.9. The number of nitrogens with zero attached hydrogens (tertiary/aromatic N) is 3. The first-order valence-electron chi connectivity index (χ1n) is 10.3. The number of hydrogen-bond donors (Lipinski definition) is 2. The van der Waals surface area contributed by atoms with Crippen molar-refractivity contribution in [1.82, 2.24) is 19.7 Å². The van der Waals surface area contributed by atoms with Crippen molar-refractivity contribution in [3.05, 3.63) is 70.3 Å². The molecule has 2 N–H and O–H groups in total. The molecule has 10 heteroatoms. The Hall–Kier alpha value is -4.34. The zero-order valence-electron chi connectivity index (χ0n) is 18.4. The average Bonchev–Trinajstić information content (AvgIpc) is 3.48. The number of carbonyl (C=O) groups is 1. The topological polar surface area (TPSA) is 124 Å². The molecule has 0 unspecified atom stereocenters. The van der Waals surface area contributed by atoms with Gasteiger partial charge in [0.15, 0.2) is 5.76 Å². The second kappa shape index (κ2) is 9.43. The van der Waals surface area contributed by atoms with Crippen LogP contribution in [0.5, 0.6) is 11.5 Å². The van der Waals surface area contributed by atoms with Gasteiger partial charge in [-0.2, -0.15) is 9.78 Å². The number of carbonyl (C=O) groups excluding carboxylic acids is 1. The van der Waals surface area contributed by atoms with Gasteiger partial charge in [-0.1, -0.05) is 13.3 Å². The van der Waals surface area contributed by atoms with E-state index in [-0.39, 0.29) is 11.5 Å². The highest BCUT2D eigenvalue weighted by molar-refractivity contribution is 6.04. The van der Waals surface area contributed by atoms with Crippen molar-refractivity contribution >= 4 is 11.7 Å². The molecule has 170 valence electrons. The fourth-order valence-corrected chi connectivity index (χ4v) is 3.28. The predicted octanol–water partition coefficient (Wildman–Crippen LogP) is 3.44. The Morgan fingerprint density at radius 3 is 2.55 bits per heavy atom. The monoisotopic (exact) mass is 449 g/mol. The van der Waals surface area contributed by atoms with Crippen LogP contribution in [0, 0.1) is 0 Å². The highest BCUT2D eigenvalue weighted by atomic mass is 16.5. The molecule has 0 radical (unpaired) electrons. The van der Waals surface area contributed by atoms with E-state index in [1.54, 1.807) is 36.4 Å². The lowest BCUT2D eigenvalue weighted by Crippen LogP contribution is -2.19. The lowest BCUT2D eigenvalue weighted by atomic mass is 10.2. The van der Waals surface area contributed by atoms with E-state index in [1.807, 2.05) is 6.92 Å². The smallest absolute Gasteiger partial charge is 0.257 e. The molecule has 1 amide bonds. The molecular weight excluding hydrogens is 426 g/mol. The molecular formula is C23H23N5O5. The maximum Gasteiger partial charge on any atom is 0.257 e. The number of ether oxygens (including phenoxy) is 2. The summed E-state index contributed by atoms with van der Waals surface area (Å²) in [5, 5.41) is 7.33. The van der Waals surface area contributed by atoms with Gasteiger partial charge in [-0.05, 0) is 30.7 Å². The van der Waals surface area contributed by atoms with Gasteiger partial charge >= 0.3 is 0 Å². The molecule has 0 bridgehead atoms. The maximum absolute atomic E-state index is 13.1. The second-order valence-corrected chi connectivity index (χ2v) is 7.17. The molecule has 10 nitrogen and oxygen atoms in total. The number of rotatable bonds is 8. The van der Waals surface area contributed by atoms with E-state index in [0.717, 1.165) is 6.42 Å². The van der Waals surface area contributed by atoms with E-state index >= 15 is 0 Å². The van der Waals surface area contributed by atoms with Crippen LogP contribution in [0.1, 0.15) is 29.4 Å². The van der Waals surface area contributed by atoms with Crippen molar-refractivity contribution in [2.75, 3.05) is 19.5 Å². The van der Waals surface area contributed by atoms with Crippen molar-refractivity contribution in [3.8, 4) is 28.9 Å². The average molecular weight is 449 g/mol. The minimum atomic E-state index is -0.425. The number of aromatic amines is 1. The third kappa shape index (κ3) is 4.79. The van der Waals surface area contributed by atoms with E-state index in [9.17, 15) is 9.59 Å². The van der Waals surface area contributed by atoms with Gasteiger partial charge in [0.05, 0.1) is 20.5 Å². The zero-order valence-corrected chi connectivity index (χ0v) is 18.4. The minimum Gasteiger partial charge on any atom is -0.497 e. The van der Waals surface area contributed by atoms with Crippen molar-refractivity contribution in [2.24, 2.45) is 0 Å². The number of amides is 1. The third-order valence-corrected chi connectivity index (χ3v) is 4.83. The van der Waals surface area contributed by atoms with Gasteiger partial charge < -0.3 is 19.2 Å². The fraction of sp³-hybridized carbons (Fsp3) is 0.217. The summed E-state index contributed by atoms with van der Waals surface area (Å²) in [4.78, 5) is 32.5. The number of anilines is 1. The van der Waals surface area contributed by atoms with Crippen LogP contribution >= 0.6 is 0 Å². The standard InChI is InChI=1S/C23H23N5O5/c1-4-6-15-11-21(29)26-23(24-15)28-20(13-18(27-28)19-7-5-8-33-19)25-22(30)14-9-16(31-2)12-17(10-14)32-3/h5,7-13H,4,6H2,1-3H3,(H,25,30)(H,24,26,29). The van der Waals surface area contributed by atoms with E-state index in [4.69, 9.17) is 13.9 Å². The molecule has 0 aliphatic carbocycles. The van der Waals surface area contributed by atoms with Gasteiger partial charge in [-0.3, -0.25) is 14.6 Å². The third-order valence-electron chi connectivity index (χ3n) is 4.83. The Morgan fingerprint density at radius 2 is 1.91 bits per heavy atom. The Morgan fingerprint density at radius 1 is 1.15 bits per heavy atom. The lowest BCUT2D eigenvalue weighted by Gasteiger charge is -2.11. The number of aryl methyl sites for hydroxylation is 1. The maximum atomic E-state index is 13.1. The molecule has 3 aromatic heterocycles. The summed E-state index contributed by atoms with van der Waals surface area (Å²) in [7, 11) is 3.01. The molecule has 4 rings (SSSR count). The van der Waals surface area contributed by atoms with Gasteiger partial charge in [0.2, 0.25) is 5.95 Å². The number of furan rings is 1. The Bertz CT molecular complexity index is 1300. The summed E-state index contributed by atoms with van der Waals surface area (Å²) < 4.78 is 17.3. The molecule has 0 saturated heterocycles. The fourth-order valence-electron chi connectivity index (χ4n) is 3.28. The van der Waals surface area contributed by atoms with Crippen LogP contribution in [-0.4, -0.2) is 39.9 Å². The zero-order chi connectivity index (χ0) is 23.4. The van der Waals surface area contributed by atoms with Crippen LogP contribution in [0.25, 0.3) is 17.4 Å². The Labute approximate surface area is 189 Å². The number of H-pyrrole nitrogens is 1. The van der Waals surface area contributed by atoms with Gasteiger partial charge in [0.25, 0.3) is 11.5 Å². The molecule has 0 spiro atoms. The molecule has 4 aromatic rings. The first-order valence-corrected chi connectivity index (χ1v) is 10.3. The highest BCUT2D eigenvalue weighted by Gasteiger charge is 2.19. The second-order valence-electron chi connectivity index (χ2n) is 7.17. The first-order chi connectivity index (χ1) is 16.0. The number of aromatic nitrogens is 4. The largest absolute Gasteiger partial charge is 0.497 e. The highest BCUT2D eigenvalue weighted by Crippen LogP contribution is 2.26. The quantitative estimate of drug-likeness (QED) is 0.422. The van der Waals surface area contributed by atoms with Crippen LogP contribution in [0.3, 0.4) is 0 Å². The normalized spacial score (nSPS) is 10.8. The summed E-state index contributed by atoms with van der Waals surface area (Å²) in [6, 6.07) is 11.4. The summed E-state index contributed by atoms with van der Waals surface area (Å²) in [6.45, 7) is 2.00. The molecule has 0 aliphatic heterocycles. The van der Waals surface area contributed by atoms with Crippen molar-refractivity contribution in [2.45, 2.75) is 19.8 Å². The van der Waals surface area contributed by atoms with Crippen LogP contribution < -0.4 is 20.3 Å². The van der Waals surface area contributed by atoms with Crippen molar-refractivity contribution < 1.29 is 18.7 Å². The molecule has 3 heterocycles. The number of benzene rings is 1. The van der Waals surface area contributed by atoms with Crippen molar-refractivity contribution in [1.29, 1.82) is 0 Å². The summed E-state index contributed by atoms with van der Waals surface area (Å²) in [5.41, 5.74) is 1.09. The lowest BCUT2D eigenvalue weighted by molar-refractivity contribution is 0.102. The van der Waals surface area contributed by atoms with Crippen LogP contribution in [-0.2, 0) is 6.42 Å². The van der Waals surface area contributed by atoms with Crippen LogP contribution in [0.15, 0.2) is 57.9 Å². The molecule has 0 atom stereocenters. The van der Waals surface area contributed by atoms with E-state index in [1.165, 1.54) is 31.2 Å². The van der Waals surface area contributed by atoms with E-state index in [0.29, 0.717) is 46.4 Å². The summed E-state index contributed by atoms with van der Waals surface area (Å²) >= 11 is 0. The molecule has 0 saturated carbocycles. The molecule has 0 fully saturated rings. The van der Waals surface area contributed by atoms with Crippen LogP contribution in [0.2, 0.25) is 0 Å². The Kier molecular flexibility index (Phi) is 6.25. The molecule has 0 aliphatic rings. The number of nitrogens with one attached hydrogen (secondary N) is 2. The SMILES string of the molecule is CCCc1cc(=O)[nH]c(-n2nc(-c3ccco3)cc2NC(=O)c2cc(OC)cc(OC)c2)n1. The van der Waals surface area contributed by atoms with Gasteiger partial charge in [0, 0.05) is 29.5 Å². The number of methoxy groups -OCH3 is 2. The van der Waals surface area contributed by atoms with Gasteiger partial charge in [-0.25, -0.2) is 4.98 Å². The predicted molar refractivity (Wildman–Crippen MR) is 121 cm³/mol. The Balaban J connectivity index is 1.77. The van der Waals surface area contributed by atoms with E-state index in [2.05, 4.69) is 20.4 Å². The molecule has 33 heavy (non-hydrogen) atoms.